The van der Waals surface area contributed by atoms with Gasteiger partial charge < -0.3 is 45.2 Å². The Morgan fingerprint density at radius 2 is 1.91 bits per heavy atom. The molecule has 3 aromatic rings. The van der Waals surface area contributed by atoms with Crippen molar-refractivity contribution in [3.05, 3.63) is 69.9 Å². The van der Waals surface area contributed by atoms with Gasteiger partial charge in [-0.05, 0) is 93.3 Å². The molecule has 9 heteroatoms. The highest BCUT2D eigenvalue weighted by Crippen LogP contribution is 2.49. The van der Waals surface area contributed by atoms with Crippen molar-refractivity contribution in [2.75, 3.05) is 26.7 Å². The first-order chi connectivity index (χ1) is 22.3. The van der Waals surface area contributed by atoms with Gasteiger partial charge in [0.15, 0.2) is 11.5 Å². The molecule has 0 amide bonds. The Morgan fingerprint density at radius 1 is 1.07 bits per heavy atom. The first kappa shape index (κ1) is 34.5. The molecule has 6 atom stereocenters. The number of likely N-dealkylation sites (N-methyl/N-ethyl adjacent to an activating group) is 1. The largest absolute Gasteiger partial charge is 0.504 e. The Kier molecular flexibility index (Phi) is 12.3. The number of phenolic OH excluding ortho intramolecular Hbond substituents is 1. The number of aliphatic hydroxyl groups excluding tert-OH is 3. The van der Waals surface area contributed by atoms with Crippen LogP contribution < -0.4 is 15.4 Å². The van der Waals surface area contributed by atoms with Crippen molar-refractivity contribution in [3.63, 3.8) is 0 Å². The molecule has 0 saturated heterocycles. The summed E-state index contributed by atoms with van der Waals surface area (Å²) < 4.78 is 12.0. The van der Waals surface area contributed by atoms with Crippen molar-refractivity contribution in [1.82, 2.24) is 15.6 Å². The van der Waals surface area contributed by atoms with Crippen molar-refractivity contribution in [2.24, 2.45) is 11.8 Å². The number of aryl methyl sites for hydroxylation is 4. The van der Waals surface area contributed by atoms with Gasteiger partial charge in [0.1, 0.15) is 24.2 Å². The van der Waals surface area contributed by atoms with Crippen LogP contribution in [0.1, 0.15) is 104 Å². The number of benzene rings is 1. The number of aromatic amines is 1. The van der Waals surface area contributed by atoms with Gasteiger partial charge in [-0.3, -0.25) is 0 Å². The molecule has 2 aliphatic rings. The number of phenols is 1. The quantitative estimate of drug-likeness (QED) is 0.109. The maximum Gasteiger partial charge on any atom is 0.161 e. The fraction of sp³-hybridized carbons (Fsp3) is 0.622. The van der Waals surface area contributed by atoms with E-state index >= 15 is 0 Å². The number of aliphatic hydroxyl groups is 3. The van der Waals surface area contributed by atoms with E-state index in [1.165, 1.54) is 30.5 Å². The van der Waals surface area contributed by atoms with Gasteiger partial charge >= 0.3 is 0 Å². The fourth-order valence-corrected chi connectivity index (χ4v) is 7.75. The fourth-order valence-electron chi connectivity index (χ4n) is 7.75. The van der Waals surface area contributed by atoms with Crippen molar-refractivity contribution in [2.45, 2.75) is 109 Å². The van der Waals surface area contributed by atoms with Gasteiger partial charge in [-0.15, -0.1) is 0 Å². The molecule has 7 N–H and O–H groups in total. The molecular formula is C37H55N3O6. The number of nitrogens with one attached hydrogen (secondary N) is 3. The zero-order chi connectivity index (χ0) is 32.6. The number of rotatable bonds is 17. The molecule has 9 nitrogen and oxygen atoms in total. The standard InChI is InChI=1S/C37H55N3O6/c1-4-5-9-35-26(21-41)17-27(46-35)13-10-24-11-15-33(43)36(16-24)45-22-34(44)31-18-29-30(40-31)14-12-25-7-6-8-28(25)37(29)32(20-38-3)39-19-23(2)42/h11,15-18,23,25,28,32,34,37-44H,4-10,12-14,19-22H2,1-3H3/t23-,25+,28-,32-,34-,37-/m0/s1. The minimum Gasteiger partial charge on any atom is -0.504 e. The van der Waals surface area contributed by atoms with Crippen LogP contribution in [0.5, 0.6) is 11.5 Å². The molecule has 2 aromatic heterocycles. The van der Waals surface area contributed by atoms with E-state index < -0.39 is 12.2 Å². The summed E-state index contributed by atoms with van der Waals surface area (Å²) in [6.45, 7) is 5.27. The predicted molar refractivity (Wildman–Crippen MR) is 179 cm³/mol. The molecule has 254 valence electrons. The Morgan fingerprint density at radius 3 is 2.67 bits per heavy atom. The molecule has 0 bridgehead atoms. The molecule has 2 heterocycles. The number of aromatic nitrogens is 1. The van der Waals surface area contributed by atoms with Crippen LogP contribution in [0.15, 0.2) is 34.7 Å². The molecule has 1 fully saturated rings. The highest BCUT2D eigenvalue weighted by atomic mass is 16.5. The van der Waals surface area contributed by atoms with Gasteiger partial charge in [0.25, 0.3) is 0 Å². The van der Waals surface area contributed by atoms with Crippen molar-refractivity contribution >= 4 is 0 Å². The third-order valence-electron chi connectivity index (χ3n) is 10.1. The maximum atomic E-state index is 11.3. The van der Waals surface area contributed by atoms with Gasteiger partial charge in [-0.1, -0.05) is 32.3 Å². The number of ether oxygens (including phenoxy) is 1. The molecule has 0 unspecified atom stereocenters. The normalized spacial score (nSPS) is 21.4. The van der Waals surface area contributed by atoms with Crippen LogP contribution in [0, 0.1) is 11.8 Å². The molecule has 0 spiro atoms. The zero-order valence-electron chi connectivity index (χ0n) is 27.9. The van der Waals surface area contributed by atoms with E-state index in [1.807, 2.05) is 32.2 Å². The predicted octanol–water partition coefficient (Wildman–Crippen LogP) is 5.05. The van der Waals surface area contributed by atoms with E-state index in [0.717, 1.165) is 67.0 Å². The second-order valence-corrected chi connectivity index (χ2v) is 13.6. The minimum absolute atomic E-state index is 0.00613. The summed E-state index contributed by atoms with van der Waals surface area (Å²) in [4.78, 5) is 3.56. The summed E-state index contributed by atoms with van der Waals surface area (Å²) in [5.74, 6) is 3.62. The molecule has 0 radical (unpaired) electrons. The van der Waals surface area contributed by atoms with Gasteiger partial charge in [0, 0.05) is 54.8 Å². The van der Waals surface area contributed by atoms with Gasteiger partial charge in [0.2, 0.25) is 0 Å². The van der Waals surface area contributed by atoms with E-state index in [2.05, 4.69) is 28.6 Å². The Bertz CT molecular complexity index is 1380. The molecule has 1 saturated carbocycles. The third-order valence-corrected chi connectivity index (χ3v) is 10.1. The maximum absolute atomic E-state index is 11.3. The lowest BCUT2D eigenvalue weighted by atomic mass is 9.76. The number of aromatic hydroxyl groups is 1. The minimum atomic E-state index is -0.884. The molecule has 0 aliphatic heterocycles. The number of hydrogen-bond donors (Lipinski definition) is 7. The number of hydrogen-bond acceptors (Lipinski definition) is 8. The summed E-state index contributed by atoms with van der Waals surface area (Å²) in [5.41, 5.74) is 5.04. The highest BCUT2D eigenvalue weighted by molar-refractivity contribution is 5.42. The zero-order valence-corrected chi connectivity index (χ0v) is 27.9. The average molecular weight is 638 g/mol. The summed E-state index contributed by atoms with van der Waals surface area (Å²) in [7, 11) is 1.98. The molecule has 5 rings (SSSR count). The van der Waals surface area contributed by atoms with E-state index in [9.17, 15) is 20.4 Å². The van der Waals surface area contributed by atoms with Crippen LogP contribution in [0.2, 0.25) is 0 Å². The van der Waals surface area contributed by atoms with Gasteiger partial charge in [0.05, 0.1) is 12.7 Å². The van der Waals surface area contributed by atoms with Gasteiger partial charge in [-0.25, -0.2) is 0 Å². The van der Waals surface area contributed by atoms with E-state index in [0.29, 0.717) is 37.0 Å². The SMILES string of the molecule is CCCCc1oc(CCc2ccc(O)c(OC[C@H](O)c3cc4c([nH]3)CC[C@H]3CCC[C@@H]3[C@@H]4[C@H](CNC)NC[C@H](C)O)c2)cc1CO. The lowest BCUT2D eigenvalue weighted by Crippen LogP contribution is -2.47. The van der Waals surface area contributed by atoms with Crippen LogP contribution in [-0.2, 0) is 32.3 Å². The third kappa shape index (κ3) is 8.36. The smallest absolute Gasteiger partial charge is 0.161 e. The number of unbranched alkanes of at least 4 members (excludes halogenated alkanes) is 1. The van der Waals surface area contributed by atoms with Crippen molar-refractivity contribution < 1.29 is 29.6 Å². The topological polar surface area (TPSA) is 143 Å². The summed E-state index contributed by atoms with van der Waals surface area (Å²) in [6, 6.07) is 9.57. The number of H-pyrrole nitrogens is 1. The summed E-state index contributed by atoms with van der Waals surface area (Å²) in [6.07, 6.45) is 8.80. The van der Waals surface area contributed by atoms with Crippen LogP contribution in [0.25, 0.3) is 0 Å². The van der Waals surface area contributed by atoms with Crippen LogP contribution in [0.4, 0.5) is 0 Å². The van der Waals surface area contributed by atoms with Crippen LogP contribution >= 0.6 is 0 Å². The summed E-state index contributed by atoms with van der Waals surface area (Å²) in [5, 5.41) is 48.6. The Hall–Kier alpha value is -2.82. The first-order valence-corrected chi connectivity index (χ1v) is 17.4. The first-order valence-electron chi connectivity index (χ1n) is 17.4. The second-order valence-electron chi connectivity index (χ2n) is 13.6. The highest BCUT2D eigenvalue weighted by Gasteiger charge is 2.42. The lowest BCUT2D eigenvalue weighted by molar-refractivity contribution is 0.103. The van der Waals surface area contributed by atoms with Crippen LogP contribution in [-0.4, -0.2) is 64.3 Å². The average Bonchev–Trinajstić information content (AvgIpc) is 3.77. The summed E-state index contributed by atoms with van der Waals surface area (Å²) >= 11 is 0. The Balaban J connectivity index is 1.26. The number of furan rings is 1. The molecule has 1 aromatic carbocycles. The van der Waals surface area contributed by atoms with Gasteiger partial charge in [-0.2, -0.15) is 0 Å². The van der Waals surface area contributed by atoms with Crippen molar-refractivity contribution in [1.29, 1.82) is 0 Å². The van der Waals surface area contributed by atoms with Crippen molar-refractivity contribution in [3.8, 4) is 11.5 Å². The molecule has 46 heavy (non-hydrogen) atoms. The molecular weight excluding hydrogens is 582 g/mol. The Labute approximate surface area is 273 Å². The van der Waals surface area contributed by atoms with E-state index in [-0.39, 0.29) is 30.9 Å². The lowest BCUT2D eigenvalue weighted by Gasteiger charge is -2.35. The van der Waals surface area contributed by atoms with E-state index in [4.69, 9.17) is 9.15 Å². The monoisotopic (exact) mass is 637 g/mol. The number of fused-ring (bicyclic) bond motifs is 2. The molecule has 2 aliphatic carbocycles. The second kappa shape index (κ2) is 16.3. The van der Waals surface area contributed by atoms with Crippen LogP contribution in [0.3, 0.4) is 0 Å². The van der Waals surface area contributed by atoms with E-state index in [1.54, 1.807) is 6.07 Å².